The maximum absolute atomic E-state index is 12.3. The SMILES string of the molecule is CSCC[C@H](N)C(=O)N1CCN(Cc2cccc(Cl)c2)CC1.Cl.Cl. The van der Waals surface area contributed by atoms with Crippen LogP contribution in [0.3, 0.4) is 0 Å². The lowest BCUT2D eigenvalue weighted by Gasteiger charge is -2.36. The minimum Gasteiger partial charge on any atom is -0.339 e. The summed E-state index contributed by atoms with van der Waals surface area (Å²) < 4.78 is 0. The molecule has 1 atom stereocenters. The molecule has 138 valence electrons. The van der Waals surface area contributed by atoms with E-state index in [-0.39, 0.29) is 36.8 Å². The summed E-state index contributed by atoms with van der Waals surface area (Å²) in [5, 5.41) is 0.770. The van der Waals surface area contributed by atoms with Crippen LogP contribution in [0.4, 0.5) is 0 Å². The van der Waals surface area contributed by atoms with Gasteiger partial charge in [0.2, 0.25) is 5.91 Å². The fraction of sp³-hybridized carbons (Fsp3) is 0.562. The number of carbonyl (C=O) groups excluding carboxylic acids is 1. The Labute approximate surface area is 166 Å². The van der Waals surface area contributed by atoms with E-state index in [0.717, 1.165) is 49.9 Å². The molecule has 1 heterocycles. The second-order valence-electron chi connectivity index (χ2n) is 5.62. The molecule has 0 aromatic heterocycles. The molecule has 24 heavy (non-hydrogen) atoms. The molecule has 0 radical (unpaired) electrons. The van der Waals surface area contributed by atoms with E-state index < -0.39 is 0 Å². The van der Waals surface area contributed by atoms with Crippen LogP contribution in [0.25, 0.3) is 0 Å². The summed E-state index contributed by atoms with van der Waals surface area (Å²) >= 11 is 7.74. The zero-order valence-electron chi connectivity index (χ0n) is 13.8. The van der Waals surface area contributed by atoms with Crippen LogP contribution in [0.2, 0.25) is 5.02 Å². The molecule has 1 saturated heterocycles. The fourth-order valence-electron chi connectivity index (χ4n) is 2.62. The fourth-order valence-corrected chi connectivity index (χ4v) is 3.33. The number of rotatable bonds is 6. The number of carbonyl (C=O) groups is 1. The summed E-state index contributed by atoms with van der Waals surface area (Å²) in [6.45, 7) is 4.15. The lowest BCUT2D eigenvalue weighted by molar-refractivity contribution is -0.134. The predicted octanol–water partition coefficient (Wildman–Crippen LogP) is 2.91. The van der Waals surface area contributed by atoms with Gasteiger partial charge in [0.1, 0.15) is 0 Å². The van der Waals surface area contributed by atoms with Gasteiger partial charge in [0.25, 0.3) is 0 Å². The van der Waals surface area contributed by atoms with Crippen molar-refractivity contribution in [1.29, 1.82) is 0 Å². The van der Waals surface area contributed by atoms with Gasteiger partial charge in [-0.1, -0.05) is 23.7 Å². The monoisotopic (exact) mass is 413 g/mol. The van der Waals surface area contributed by atoms with Gasteiger partial charge in [-0.15, -0.1) is 24.8 Å². The van der Waals surface area contributed by atoms with Crippen LogP contribution in [0.15, 0.2) is 24.3 Å². The van der Waals surface area contributed by atoms with Gasteiger partial charge in [0.15, 0.2) is 0 Å². The number of benzene rings is 1. The Bertz CT molecular complexity index is 499. The summed E-state index contributed by atoms with van der Waals surface area (Å²) in [6.07, 6.45) is 2.79. The van der Waals surface area contributed by atoms with Gasteiger partial charge in [0, 0.05) is 37.7 Å². The van der Waals surface area contributed by atoms with Gasteiger partial charge in [-0.25, -0.2) is 0 Å². The molecule has 0 spiro atoms. The second-order valence-corrected chi connectivity index (χ2v) is 7.04. The van der Waals surface area contributed by atoms with Crippen molar-refractivity contribution in [3.05, 3.63) is 34.9 Å². The third kappa shape index (κ3) is 7.38. The molecule has 1 aliphatic heterocycles. The molecule has 0 bridgehead atoms. The Balaban J connectivity index is 0.00000264. The first kappa shape index (κ1) is 23.8. The van der Waals surface area contributed by atoms with E-state index in [0.29, 0.717) is 0 Å². The molecular formula is C16H26Cl3N3OS. The topological polar surface area (TPSA) is 49.6 Å². The van der Waals surface area contributed by atoms with E-state index in [2.05, 4.69) is 11.0 Å². The molecule has 8 heteroatoms. The van der Waals surface area contributed by atoms with Gasteiger partial charge in [-0.3, -0.25) is 9.69 Å². The molecule has 2 rings (SSSR count). The number of nitrogens with zero attached hydrogens (tertiary/aromatic N) is 2. The van der Waals surface area contributed by atoms with Crippen molar-refractivity contribution in [3.8, 4) is 0 Å². The van der Waals surface area contributed by atoms with Crippen LogP contribution in [-0.4, -0.2) is 59.9 Å². The first-order valence-electron chi connectivity index (χ1n) is 7.60. The molecular weight excluding hydrogens is 389 g/mol. The Morgan fingerprint density at radius 3 is 2.54 bits per heavy atom. The molecule has 0 aliphatic carbocycles. The van der Waals surface area contributed by atoms with E-state index in [1.165, 1.54) is 5.56 Å². The van der Waals surface area contributed by atoms with Crippen molar-refractivity contribution in [2.45, 2.75) is 19.0 Å². The number of piperazine rings is 1. The van der Waals surface area contributed by atoms with Crippen molar-refractivity contribution in [3.63, 3.8) is 0 Å². The third-order valence-electron chi connectivity index (χ3n) is 3.93. The molecule has 1 amide bonds. The lowest BCUT2D eigenvalue weighted by atomic mass is 10.1. The van der Waals surface area contributed by atoms with Gasteiger partial charge in [0.05, 0.1) is 6.04 Å². The van der Waals surface area contributed by atoms with Crippen LogP contribution in [0, 0.1) is 0 Å². The van der Waals surface area contributed by atoms with Crippen molar-refractivity contribution in [2.24, 2.45) is 5.73 Å². The molecule has 1 aliphatic rings. The summed E-state index contributed by atoms with van der Waals surface area (Å²) in [5.74, 6) is 1.03. The highest BCUT2D eigenvalue weighted by molar-refractivity contribution is 7.98. The standard InChI is InChI=1S/C16H24ClN3OS.2ClH/c1-22-10-5-15(18)16(21)20-8-6-19(7-9-20)12-13-3-2-4-14(17)11-13;;/h2-4,11,15H,5-10,12,18H2,1H3;2*1H/t15-;;/m0../s1. The molecule has 0 saturated carbocycles. The van der Waals surface area contributed by atoms with Crippen LogP contribution in [0.5, 0.6) is 0 Å². The van der Waals surface area contributed by atoms with E-state index in [1.807, 2.05) is 29.4 Å². The number of hydrogen-bond donors (Lipinski definition) is 1. The molecule has 1 fully saturated rings. The van der Waals surface area contributed by atoms with E-state index >= 15 is 0 Å². The van der Waals surface area contributed by atoms with Crippen LogP contribution in [0.1, 0.15) is 12.0 Å². The number of amides is 1. The van der Waals surface area contributed by atoms with Crippen molar-refractivity contribution < 1.29 is 4.79 Å². The molecule has 0 unspecified atom stereocenters. The minimum atomic E-state index is -0.355. The smallest absolute Gasteiger partial charge is 0.239 e. The largest absolute Gasteiger partial charge is 0.339 e. The summed E-state index contributed by atoms with van der Waals surface area (Å²) in [5.41, 5.74) is 7.19. The van der Waals surface area contributed by atoms with Crippen molar-refractivity contribution in [1.82, 2.24) is 9.80 Å². The van der Waals surface area contributed by atoms with Crippen molar-refractivity contribution >= 4 is 54.1 Å². The normalized spacial score (nSPS) is 16.0. The van der Waals surface area contributed by atoms with Crippen molar-refractivity contribution in [2.75, 3.05) is 38.2 Å². The maximum Gasteiger partial charge on any atom is 0.239 e. The van der Waals surface area contributed by atoms with Gasteiger partial charge in [-0.05, 0) is 36.1 Å². The Morgan fingerprint density at radius 2 is 1.96 bits per heavy atom. The van der Waals surface area contributed by atoms with E-state index in [1.54, 1.807) is 11.8 Å². The lowest BCUT2D eigenvalue weighted by Crippen LogP contribution is -2.53. The van der Waals surface area contributed by atoms with Crippen LogP contribution in [-0.2, 0) is 11.3 Å². The number of hydrogen-bond acceptors (Lipinski definition) is 4. The number of nitrogens with two attached hydrogens (primary N) is 1. The summed E-state index contributed by atoms with van der Waals surface area (Å²) in [4.78, 5) is 16.5. The number of thioether (sulfide) groups is 1. The zero-order valence-corrected chi connectivity index (χ0v) is 17.0. The highest BCUT2D eigenvalue weighted by Gasteiger charge is 2.24. The quantitative estimate of drug-likeness (QED) is 0.777. The molecule has 4 nitrogen and oxygen atoms in total. The average molecular weight is 415 g/mol. The average Bonchev–Trinajstić information content (AvgIpc) is 2.52. The van der Waals surface area contributed by atoms with Gasteiger partial charge in [-0.2, -0.15) is 11.8 Å². The Hall–Kier alpha value is -0.170. The van der Waals surface area contributed by atoms with E-state index in [9.17, 15) is 4.79 Å². The number of halogens is 3. The van der Waals surface area contributed by atoms with Gasteiger partial charge >= 0.3 is 0 Å². The third-order valence-corrected chi connectivity index (χ3v) is 4.81. The van der Waals surface area contributed by atoms with Crippen LogP contribution >= 0.6 is 48.2 Å². The first-order valence-corrected chi connectivity index (χ1v) is 9.37. The molecule has 1 aromatic rings. The highest BCUT2D eigenvalue weighted by atomic mass is 35.5. The summed E-state index contributed by atoms with van der Waals surface area (Å²) in [7, 11) is 0. The van der Waals surface area contributed by atoms with Crippen LogP contribution < -0.4 is 5.73 Å². The highest BCUT2D eigenvalue weighted by Crippen LogP contribution is 2.14. The zero-order chi connectivity index (χ0) is 15.9. The minimum absolute atomic E-state index is 0. The second kappa shape index (κ2) is 12.2. The maximum atomic E-state index is 12.3. The molecule has 1 aromatic carbocycles. The first-order chi connectivity index (χ1) is 10.6. The molecule has 2 N–H and O–H groups in total. The van der Waals surface area contributed by atoms with E-state index in [4.69, 9.17) is 17.3 Å². The Morgan fingerprint density at radius 1 is 1.29 bits per heavy atom. The summed E-state index contributed by atoms with van der Waals surface area (Å²) in [6, 6.07) is 7.59. The van der Waals surface area contributed by atoms with Gasteiger partial charge < -0.3 is 10.6 Å². The predicted molar refractivity (Wildman–Crippen MR) is 109 cm³/mol. The Kier molecular flexibility index (Phi) is 12.1.